The van der Waals surface area contributed by atoms with Crippen molar-refractivity contribution in [2.24, 2.45) is 0 Å². The average Bonchev–Trinajstić information content (AvgIpc) is 3.21. The minimum Gasteiger partial charge on any atom is -0.478 e. The SMILES string of the molecule is CCCC1=C(C(=O)OCC)C(c2ccccc2)c2cn[nH]c2N1.O=C(O)/C=C\C(=O)O. The Kier molecular flexibility index (Phi) is 8.56. The maximum Gasteiger partial charge on any atom is 0.336 e. The fourth-order valence-corrected chi connectivity index (χ4v) is 3.19. The van der Waals surface area contributed by atoms with E-state index >= 15 is 0 Å². The maximum atomic E-state index is 12.6. The molecule has 0 fully saturated rings. The first-order valence-electron chi connectivity index (χ1n) is 9.78. The Morgan fingerprint density at radius 1 is 1.10 bits per heavy atom. The summed E-state index contributed by atoms with van der Waals surface area (Å²) < 4.78 is 5.33. The number of esters is 1. The molecule has 2 aromatic rings. The third-order valence-corrected chi connectivity index (χ3v) is 4.37. The zero-order chi connectivity index (χ0) is 22.8. The first kappa shape index (κ1) is 23.4. The van der Waals surface area contributed by atoms with Crippen LogP contribution in [0.3, 0.4) is 0 Å². The number of carboxylic acid groups (broad SMARTS) is 2. The number of anilines is 1. The summed E-state index contributed by atoms with van der Waals surface area (Å²) in [6.07, 6.45) is 4.62. The number of rotatable bonds is 7. The van der Waals surface area contributed by atoms with E-state index in [4.69, 9.17) is 14.9 Å². The van der Waals surface area contributed by atoms with Gasteiger partial charge in [0.15, 0.2) is 0 Å². The predicted molar refractivity (Wildman–Crippen MR) is 113 cm³/mol. The minimum absolute atomic E-state index is 0.160. The molecule has 2 heterocycles. The highest BCUT2D eigenvalue weighted by Crippen LogP contribution is 2.42. The summed E-state index contributed by atoms with van der Waals surface area (Å²) in [5, 5.41) is 26.1. The molecule has 3 rings (SSSR count). The van der Waals surface area contributed by atoms with Gasteiger partial charge in [0.2, 0.25) is 0 Å². The van der Waals surface area contributed by atoms with E-state index < -0.39 is 11.9 Å². The lowest BCUT2D eigenvalue weighted by molar-refractivity contribution is -0.139. The van der Waals surface area contributed by atoms with Crippen molar-refractivity contribution in [2.45, 2.75) is 32.6 Å². The summed E-state index contributed by atoms with van der Waals surface area (Å²) in [7, 11) is 0. The molecule has 0 bridgehead atoms. The van der Waals surface area contributed by atoms with Crippen LogP contribution in [0.4, 0.5) is 5.82 Å². The van der Waals surface area contributed by atoms with Gasteiger partial charge < -0.3 is 20.3 Å². The first-order chi connectivity index (χ1) is 14.9. The standard InChI is InChI=1S/C18H21N3O2.C4H4O4/c1-3-8-14-16(18(22)23-4-2)15(12-9-6-5-7-10-12)13-11-19-21-17(13)20-14;5-3(6)1-2-4(7)8/h5-7,9-11,15H,3-4,8H2,1-2H3,(H2,19,20,21);1-2H,(H,5,6)(H,7,8)/b;2-1-. The monoisotopic (exact) mass is 427 g/mol. The van der Waals surface area contributed by atoms with Crippen LogP contribution in [-0.2, 0) is 19.1 Å². The van der Waals surface area contributed by atoms with Gasteiger partial charge in [0.25, 0.3) is 0 Å². The second kappa shape index (κ2) is 11.3. The van der Waals surface area contributed by atoms with Crippen LogP contribution in [0.25, 0.3) is 0 Å². The van der Waals surface area contributed by atoms with Crippen LogP contribution in [0.2, 0.25) is 0 Å². The molecule has 0 saturated heterocycles. The van der Waals surface area contributed by atoms with Crippen molar-refractivity contribution in [3.8, 4) is 0 Å². The summed E-state index contributed by atoms with van der Waals surface area (Å²) in [5.74, 6) is -2.08. The number of carbonyl (C=O) groups is 3. The smallest absolute Gasteiger partial charge is 0.336 e. The van der Waals surface area contributed by atoms with Gasteiger partial charge in [0.05, 0.1) is 18.4 Å². The molecule has 1 aliphatic heterocycles. The number of fused-ring (bicyclic) bond motifs is 1. The second-order valence-electron chi connectivity index (χ2n) is 6.54. The molecular formula is C22H25N3O6. The van der Waals surface area contributed by atoms with Gasteiger partial charge in [-0.15, -0.1) is 0 Å². The summed E-state index contributed by atoms with van der Waals surface area (Å²) in [6.45, 7) is 4.29. The lowest BCUT2D eigenvalue weighted by Gasteiger charge is -2.28. The molecular weight excluding hydrogens is 402 g/mol. The molecule has 0 aliphatic carbocycles. The average molecular weight is 427 g/mol. The normalized spacial score (nSPS) is 14.8. The van der Waals surface area contributed by atoms with E-state index in [1.54, 1.807) is 6.20 Å². The number of aliphatic carboxylic acids is 2. The highest BCUT2D eigenvalue weighted by molar-refractivity contribution is 5.94. The number of nitrogens with zero attached hydrogens (tertiary/aromatic N) is 1. The number of aromatic amines is 1. The van der Waals surface area contributed by atoms with E-state index in [1.807, 2.05) is 37.3 Å². The number of nitrogens with one attached hydrogen (secondary N) is 2. The van der Waals surface area contributed by atoms with Crippen molar-refractivity contribution in [3.63, 3.8) is 0 Å². The molecule has 0 radical (unpaired) electrons. The van der Waals surface area contributed by atoms with E-state index in [9.17, 15) is 14.4 Å². The summed E-state index contributed by atoms with van der Waals surface area (Å²) >= 11 is 0. The van der Waals surface area contributed by atoms with Gasteiger partial charge >= 0.3 is 17.9 Å². The Hall–Kier alpha value is -3.88. The van der Waals surface area contributed by atoms with Crippen LogP contribution >= 0.6 is 0 Å². The maximum absolute atomic E-state index is 12.6. The molecule has 1 atom stereocenters. The highest BCUT2D eigenvalue weighted by atomic mass is 16.5. The molecule has 0 saturated carbocycles. The number of hydrogen-bond acceptors (Lipinski definition) is 6. The number of hydrogen-bond donors (Lipinski definition) is 4. The van der Waals surface area contributed by atoms with Gasteiger partial charge in [-0.3, -0.25) is 5.10 Å². The van der Waals surface area contributed by atoms with Crippen LogP contribution in [-0.4, -0.2) is 44.9 Å². The van der Waals surface area contributed by atoms with E-state index in [0.717, 1.165) is 35.5 Å². The van der Waals surface area contributed by atoms with Crippen molar-refractivity contribution in [1.29, 1.82) is 0 Å². The fourth-order valence-electron chi connectivity index (χ4n) is 3.19. The van der Waals surface area contributed by atoms with Crippen molar-refractivity contribution in [3.05, 3.63) is 71.1 Å². The summed E-state index contributed by atoms with van der Waals surface area (Å²) in [6, 6.07) is 10.0. The predicted octanol–water partition coefficient (Wildman–Crippen LogP) is 3.30. The Labute approximate surface area is 179 Å². The Morgan fingerprint density at radius 2 is 1.74 bits per heavy atom. The largest absolute Gasteiger partial charge is 0.478 e. The molecule has 9 heteroatoms. The van der Waals surface area contributed by atoms with Crippen LogP contribution in [0.5, 0.6) is 0 Å². The van der Waals surface area contributed by atoms with Gasteiger partial charge in [0, 0.05) is 29.3 Å². The van der Waals surface area contributed by atoms with Gasteiger partial charge in [-0.05, 0) is 18.9 Å². The van der Waals surface area contributed by atoms with E-state index in [1.165, 1.54) is 0 Å². The molecule has 1 aromatic carbocycles. The molecule has 4 N–H and O–H groups in total. The zero-order valence-corrected chi connectivity index (χ0v) is 17.3. The van der Waals surface area contributed by atoms with E-state index in [0.29, 0.717) is 24.3 Å². The number of benzene rings is 1. The molecule has 1 unspecified atom stereocenters. The number of allylic oxidation sites excluding steroid dienone is 1. The number of carboxylic acids is 2. The van der Waals surface area contributed by atoms with E-state index in [-0.39, 0.29) is 11.9 Å². The molecule has 0 amide bonds. The van der Waals surface area contributed by atoms with Gasteiger partial charge in [-0.25, -0.2) is 14.4 Å². The van der Waals surface area contributed by atoms with Gasteiger partial charge in [0.1, 0.15) is 5.82 Å². The minimum atomic E-state index is -1.26. The molecule has 1 aliphatic rings. The number of ether oxygens (including phenoxy) is 1. The molecule has 164 valence electrons. The van der Waals surface area contributed by atoms with Crippen LogP contribution in [0.15, 0.2) is 60.0 Å². The molecule has 0 spiro atoms. The van der Waals surface area contributed by atoms with Crippen molar-refractivity contribution >= 4 is 23.7 Å². The van der Waals surface area contributed by atoms with Crippen LogP contribution in [0, 0.1) is 0 Å². The number of aromatic nitrogens is 2. The Bertz CT molecular complexity index is 962. The molecule has 9 nitrogen and oxygen atoms in total. The Balaban J connectivity index is 0.000000366. The van der Waals surface area contributed by atoms with Crippen LogP contribution < -0.4 is 5.32 Å². The van der Waals surface area contributed by atoms with Gasteiger partial charge in [-0.2, -0.15) is 5.10 Å². The quantitative estimate of drug-likeness (QED) is 0.389. The zero-order valence-electron chi connectivity index (χ0n) is 17.3. The third kappa shape index (κ3) is 6.30. The molecule has 31 heavy (non-hydrogen) atoms. The topological polar surface area (TPSA) is 142 Å². The van der Waals surface area contributed by atoms with Crippen LogP contribution in [0.1, 0.15) is 43.7 Å². The second-order valence-corrected chi connectivity index (χ2v) is 6.54. The van der Waals surface area contributed by atoms with Crippen molar-refractivity contribution in [2.75, 3.05) is 11.9 Å². The summed E-state index contributed by atoms with van der Waals surface area (Å²) in [4.78, 5) is 31.8. The summed E-state index contributed by atoms with van der Waals surface area (Å²) in [5.41, 5.74) is 3.64. The first-order valence-corrected chi connectivity index (χ1v) is 9.78. The fraction of sp³-hybridized carbons (Fsp3) is 0.273. The lowest BCUT2D eigenvalue weighted by Crippen LogP contribution is -2.25. The number of carbonyl (C=O) groups excluding carboxylic acids is 1. The van der Waals surface area contributed by atoms with E-state index in [2.05, 4.69) is 22.4 Å². The third-order valence-electron chi connectivity index (χ3n) is 4.37. The molecule has 1 aromatic heterocycles. The lowest BCUT2D eigenvalue weighted by atomic mass is 9.82. The highest BCUT2D eigenvalue weighted by Gasteiger charge is 2.35. The van der Waals surface area contributed by atoms with Gasteiger partial charge in [-0.1, -0.05) is 43.7 Å². The Morgan fingerprint density at radius 3 is 2.29 bits per heavy atom. The number of H-pyrrole nitrogens is 1. The van der Waals surface area contributed by atoms with Crippen molar-refractivity contribution < 1.29 is 29.3 Å². The van der Waals surface area contributed by atoms with Crippen molar-refractivity contribution in [1.82, 2.24) is 10.2 Å².